The molecule has 2 heterocycles. The van der Waals surface area contributed by atoms with Gasteiger partial charge in [0.25, 0.3) is 10.0 Å². The van der Waals surface area contributed by atoms with Crippen molar-refractivity contribution in [3.63, 3.8) is 0 Å². The average Bonchev–Trinajstić information content (AvgIpc) is 3.17. The van der Waals surface area contributed by atoms with Crippen LogP contribution >= 0.6 is 11.3 Å². The van der Waals surface area contributed by atoms with E-state index in [2.05, 4.69) is 20.1 Å². The van der Waals surface area contributed by atoms with Crippen molar-refractivity contribution in [2.75, 3.05) is 10.0 Å². The van der Waals surface area contributed by atoms with E-state index in [4.69, 9.17) is 0 Å². The molecule has 0 fully saturated rings. The first kappa shape index (κ1) is 18.1. The number of carbonyl (C=O) groups is 1. The van der Waals surface area contributed by atoms with Gasteiger partial charge in [0.2, 0.25) is 5.91 Å². The van der Waals surface area contributed by atoms with E-state index in [0.717, 1.165) is 11.4 Å². The number of rotatable bonds is 6. The molecule has 136 valence electrons. The third-order valence-corrected chi connectivity index (χ3v) is 5.67. The Balaban J connectivity index is 1.65. The summed E-state index contributed by atoms with van der Waals surface area (Å²) < 4.78 is 28.6. The zero-order valence-electron chi connectivity index (χ0n) is 14.1. The molecule has 0 saturated heterocycles. The summed E-state index contributed by atoms with van der Waals surface area (Å²) in [5.41, 5.74) is 2.25. The maximum absolute atomic E-state index is 12.3. The van der Waals surface area contributed by atoms with Gasteiger partial charge in [-0.2, -0.15) is 5.10 Å². The molecular weight excluding hydrogens is 374 g/mol. The fourth-order valence-corrected chi connectivity index (χ4v) is 4.13. The molecule has 3 rings (SSSR count). The first-order chi connectivity index (χ1) is 12.3. The molecule has 0 aliphatic heterocycles. The number of carbonyl (C=O) groups excluding carboxylic acids is 1. The van der Waals surface area contributed by atoms with Gasteiger partial charge in [0.15, 0.2) is 5.13 Å². The highest BCUT2D eigenvalue weighted by atomic mass is 32.2. The molecule has 2 N–H and O–H groups in total. The second-order valence-electron chi connectivity index (χ2n) is 5.60. The first-order valence-electron chi connectivity index (χ1n) is 7.67. The lowest BCUT2D eigenvalue weighted by molar-refractivity contribution is -0.116. The van der Waals surface area contributed by atoms with Crippen LogP contribution in [-0.2, 0) is 21.4 Å². The van der Waals surface area contributed by atoms with Gasteiger partial charge in [0.05, 0.1) is 10.6 Å². The van der Waals surface area contributed by atoms with Gasteiger partial charge in [-0.05, 0) is 44.2 Å². The van der Waals surface area contributed by atoms with Crippen LogP contribution in [0.1, 0.15) is 11.4 Å². The number of hydrogen-bond acceptors (Lipinski definition) is 6. The number of aromatic nitrogens is 3. The minimum atomic E-state index is -3.71. The summed E-state index contributed by atoms with van der Waals surface area (Å²) in [6, 6.07) is 7.82. The van der Waals surface area contributed by atoms with E-state index in [1.807, 2.05) is 19.9 Å². The van der Waals surface area contributed by atoms with Crippen LogP contribution in [0, 0.1) is 13.8 Å². The molecule has 26 heavy (non-hydrogen) atoms. The number of aryl methyl sites for hydroxylation is 2. The van der Waals surface area contributed by atoms with E-state index in [1.54, 1.807) is 10.1 Å². The third kappa shape index (κ3) is 4.27. The molecule has 0 spiro atoms. The molecule has 2 aromatic heterocycles. The molecule has 1 amide bonds. The Kier molecular flexibility index (Phi) is 5.05. The average molecular weight is 391 g/mol. The second-order valence-corrected chi connectivity index (χ2v) is 8.18. The van der Waals surface area contributed by atoms with Gasteiger partial charge in [-0.1, -0.05) is 0 Å². The lowest BCUT2D eigenvalue weighted by Crippen LogP contribution is -2.20. The number of benzene rings is 1. The van der Waals surface area contributed by atoms with Crippen molar-refractivity contribution >= 4 is 38.1 Å². The maximum Gasteiger partial charge on any atom is 0.263 e. The monoisotopic (exact) mass is 391 g/mol. The van der Waals surface area contributed by atoms with Crippen LogP contribution in [0.2, 0.25) is 0 Å². The minimum absolute atomic E-state index is 0.0873. The van der Waals surface area contributed by atoms with Crippen molar-refractivity contribution in [2.45, 2.75) is 25.3 Å². The number of hydrogen-bond donors (Lipinski definition) is 2. The van der Waals surface area contributed by atoms with Gasteiger partial charge in [-0.3, -0.25) is 14.2 Å². The Bertz CT molecular complexity index is 1010. The summed E-state index contributed by atoms with van der Waals surface area (Å²) in [6.07, 6.45) is 1.52. The number of anilines is 2. The summed E-state index contributed by atoms with van der Waals surface area (Å²) in [7, 11) is -3.71. The standard InChI is InChI=1S/C16H17N5O3S2/c1-11-9-12(2)21(19-11)10-15(22)18-13-3-5-14(6-4-13)26(23,24)20-16-17-7-8-25-16/h3-9H,10H2,1-2H3,(H,17,20)(H,18,22). The van der Waals surface area contributed by atoms with Crippen molar-refractivity contribution in [1.82, 2.24) is 14.8 Å². The highest BCUT2D eigenvalue weighted by Crippen LogP contribution is 2.19. The van der Waals surface area contributed by atoms with Crippen LogP contribution < -0.4 is 10.0 Å². The number of nitrogens with zero attached hydrogens (tertiary/aromatic N) is 3. The van der Waals surface area contributed by atoms with Gasteiger partial charge in [0.1, 0.15) is 6.54 Å². The van der Waals surface area contributed by atoms with E-state index in [1.165, 1.54) is 41.8 Å². The van der Waals surface area contributed by atoms with Crippen molar-refractivity contribution in [3.05, 3.63) is 53.3 Å². The summed E-state index contributed by atoms with van der Waals surface area (Å²) in [6.45, 7) is 3.83. The summed E-state index contributed by atoms with van der Waals surface area (Å²) in [5, 5.41) is 8.94. The van der Waals surface area contributed by atoms with Gasteiger partial charge in [-0.15, -0.1) is 11.3 Å². The Morgan fingerprint density at radius 1 is 1.23 bits per heavy atom. The van der Waals surface area contributed by atoms with E-state index in [-0.39, 0.29) is 17.3 Å². The van der Waals surface area contributed by atoms with Crippen molar-refractivity contribution in [2.24, 2.45) is 0 Å². The van der Waals surface area contributed by atoms with E-state index in [0.29, 0.717) is 10.8 Å². The molecule has 1 aromatic carbocycles. The molecule has 0 aliphatic rings. The normalized spacial score (nSPS) is 11.3. The van der Waals surface area contributed by atoms with E-state index < -0.39 is 10.0 Å². The van der Waals surface area contributed by atoms with Crippen LogP contribution in [0.25, 0.3) is 0 Å². The van der Waals surface area contributed by atoms with Gasteiger partial charge >= 0.3 is 0 Å². The fraction of sp³-hybridized carbons (Fsp3) is 0.188. The molecule has 0 radical (unpaired) electrons. The Labute approximate surface area is 154 Å². The zero-order chi connectivity index (χ0) is 18.7. The molecule has 10 heteroatoms. The van der Waals surface area contributed by atoms with Crippen molar-refractivity contribution in [3.8, 4) is 0 Å². The quantitative estimate of drug-likeness (QED) is 0.671. The maximum atomic E-state index is 12.3. The lowest BCUT2D eigenvalue weighted by atomic mass is 10.3. The zero-order valence-corrected chi connectivity index (χ0v) is 15.8. The van der Waals surface area contributed by atoms with Crippen LogP contribution in [0.4, 0.5) is 10.8 Å². The van der Waals surface area contributed by atoms with Crippen LogP contribution in [0.5, 0.6) is 0 Å². The molecule has 0 atom stereocenters. The number of amides is 1. The lowest BCUT2D eigenvalue weighted by Gasteiger charge is -2.09. The molecular formula is C16H17N5O3S2. The smallest absolute Gasteiger partial charge is 0.263 e. The molecule has 0 saturated carbocycles. The molecule has 8 nitrogen and oxygen atoms in total. The van der Waals surface area contributed by atoms with Crippen LogP contribution in [-0.4, -0.2) is 29.1 Å². The third-order valence-electron chi connectivity index (χ3n) is 3.50. The highest BCUT2D eigenvalue weighted by molar-refractivity contribution is 7.93. The number of sulfonamides is 1. The topological polar surface area (TPSA) is 106 Å². The summed E-state index contributed by atoms with van der Waals surface area (Å²) in [4.78, 5) is 16.1. The number of thiazole rings is 1. The number of nitrogens with one attached hydrogen (secondary N) is 2. The minimum Gasteiger partial charge on any atom is -0.324 e. The Hall–Kier alpha value is -2.72. The summed E-state index contributed by atoms with van der Waals surface area (Å²) in [5.74, 6) is -0.243. The van der Waals surface area contributed by atoms with Crippen LogP contribution in [0.15, 0.2) is 46.8 Å². The molecule has 0 unspecified atom stereocenters. The largest absolute Gasteiger partial charge is 0.324 e. The van der Waals surface area contributed by atoms with Crippen LogP contribution in [0.3, 0.4) is 0 Å². The molecule has 3 aromatic rings. The molecule has 0 aliphatic carbocycles. The van der Waals surface area contributed by atoms with Crippen molar-refractivity contribution in [1.29, 1.82) is 0 Å². The van der Waals surface area contributed by atoms with Gasteiger partial charge < -0.3 is 5.32 Å². The predicted molar refractivity (Wildman–Crippen MR) is 99.7 cm³/mol. The Morgan fingerprint density at radius 3 is 2.54 bits per heavy atom. The van der Waals surface area contributed by atoms with E-state index in [9.17, 15) is 13.2 Å². The van der Waals surface area contributed by atoms with Gasteiger partial charge in [0, 0.05) is 23.0 Å². The first-order valence-corrected chi connectivity index (χ1v) is 10.0. The van der Waals surface area contributed by atoms with Gasteiger partial charge in [-0.25, -0.2) is 13.4 Å². The van der Waals surface area contributed by atoms with Crippen molar-refractivity contribution < 1.29 is 13.2 Å². The second kappa shape index (κ2) is 7.26. The predicted octanol–water partition coefficient (Wildman–Crippen LogP) is 2.40. The fourth-order valence-electron chi connectivity index (χ4n) is 2.34. The van der Waals surface area contributed by atoms with E-state index >= 15 is 0 Å². The summed E-state index contributed by atoms with van der Waals surface area (Å²) >= 11 is 1.19. The Morgan fingerprint density at radius 2 is 1.96 bits per heavy atom. The highest BCUT2D eigenvalue weighted by Gasteiger charge is 2.15. The SMILES string of the molecule is Cc1cc(C)n(CC(=O)Nc2ccc(S(=O)(=O)Nc3nccs3)cc2)n1. The molecule has 0 bridgehead atoms.